The van der Waals surface area contributed by atoms with Crippen molar-refractivity contribution in [3.05, 3.63) is 35.9 Å². The first-order chi connectivity index (χ1) is 8.58. The van der Waals surface area contributed by atoms with Gasteiger partial charge >= 0.3 is 12.0 Å². The molecule has 0 bridgehead atoms. The molecule has 0 radical (unpaired) electrons. The van der Waals surface area contributed by atoms with Gasteiger partial charge in [0.2, 0.25) is 0 Å². The van der Waals surface area contributed by atoms with Crippen molar-refractivity contribution >= 4 is 12.0 Å². The molecule has 18 heavy (non-hydrogen) atoms. The molecule has 1 fully saturated rings. The lowest BCUT2D eigenvalue weighted by molar-refractivity contribution is -0.137. The van der Waals surface area contributed by atoms with Crippen LogP contribution in [0.1, 0.15) is 17.9 Å². The Morgan fingerprint density at radius 2 is 2.06 bits per heavy atom. The molecule has 5 nitrogen and oxygen atoms in total. The number of carboxylic acids is 1. The summed E-state index contributed by atoms with van der Waals surface area (Å²) < 4.78 is 0. The minimum atomic E-state index is -1.01. The summed E-state index contributed by atoms with van der Waals surface area (Å²) in [5.74, 6) is -0.656. The van der Waals surface area contributed by atoms with Crippen molar-refractivity contribution in [2.24, 2.45) is 0 Å². The van der Waals surface area contributed by atoms with Crippen LogP contribution in [-0.2, 0) is 4.79 Å². The molecule has 1 aromatic carbocycles. The fourth-order valence-corrected chi connectivity index (χ4v) is 1.97. The molecule has 2 rings (SSSR count). The monoisotopic (exact) mass is 248 g/mol. The van der Waals surface area contributed by atoms with Crippen LogP contribution in [0.15, 0.2) is 30.3 Å². The van der Waals surface area contributed by atoms with Crippen molar-refractivity contribution in [3.63, 3.8) is 0 Å². The molecule has 1 aliphatic carbocycles. The van der Waals surface area contributed by atoms with E-state index in [1.54, 1.807) is 0 Å². The second kappa shape index (κ2) is 5.08. The lowest BCUT2D eigenvalue weighted by atomic mass is 10.1. The Labute approximate surface area is 105 Å². The van der Waals surface area contributed by atoms with Gasteiger partial charge in [0, 0.05) is 19.0 Å². The number of hydrogen-bond donors (Lipinski definition) is 2. The first-order valence-corrected chi connectivity index (χ1v) is 5.86. The van der Waals surface area contributed by atoms with Crippen LogP contribution in [0.2, 0.25) is 0 Å². The van der Waals surface area contributed by atoms with Crippen LogP contribution >= 0.6 is 0 Å². The third kappa shape index (κ3) is 3.00. The van der Waals surface area contributed by atoms with Crippen LogP contribution in [0, 0.1) is 0 Å². The molecule has 1 aliphatic rings. The Morgan fingerprint density at radius 3 is 2.67 bits per heavy atom. The maximum atomic E-state index is 11.7. The van der Waals surface area contributed by atoms with E-state index in [1.165, 1.54) is 17.5 Å². The molecule has 2 atom stereocenters. The van der Waals surface area contributed by atoms with Gasteiger partial charge in [-0.1, -0.05) is 30.3 Å². The van der Waals surface area contributed by atoms with E-state index in [2.05, 4.69) is 5.32 Å². The number of urea groups is 1. The summed E-state index contributed by atoms with van der Waals surface area (Å²) in [5, 5.41) is 11.4. The van der Waals surface area contributed by atoms with Crippen molar-refractivity contribution in [2.75, 3.05) is 13.6 Å². The molecule has 0 aromatic heterocycles. The van der Waals surface area contributed by atoms with Crippen molar-refractivity contribution in [2.45, 2.75) is 18.4 Å². The Kier molecular flexibility index (Phi) is 3.50. The molecule has 2 N–H and O–H groups in total. The number of nitrogens with zero attached hydrogens (tertiary/aromatic N) is 1. The van der Waals surface area contributed by atoms with Gasteiger partial charge in [-0.3, -0.25) is 4.79 Å². The Balaban J connectivity index is 1.83. The number of likely N-dealkylation sites (N-methyl/N-ethyl adjacent to an activating group) is 1. The number of nitrogens with one attached hydrogen (secondary N) is 1. The fraction of sp³-hybridized carbons (Fsp3) is 0.385. The highest BCUT2D eigenvalue weighted by Gasteiger charge is 2.39. The number of hydrogen-bond acceptors (Lipinski definition) is 2. The van der Waals surface area contributed by atoms with E-state index in [0.29, 0.717) is 5.92 Å². The summed E-state index contributed by atoms with van der Waals surface area (Å²) in [7, 11) is 1.48. The smallest absolute Gasteiger partial charge is 0.323 e. The summed E-state index contributed by atoms with van der Waals surface area (Å²) in [6.45, 7) is -0.283. The number of amides is 2. The standard InChI is InChI=1S/C13H16N2O3/c1-15(8-12(16)17)13(18)14-11-7-10(11)9-5-3-2-4-6-9/h2-6,10-11H,7-8H2,1H3,(H,14,18)(H,16,17)/t10-,11+/m0/s1. The van der Waals surface area contributed by atoms with Crippen LogP contribution in [0.5, 0.6) is 0 Å². The van der Waals surface area contributed by atoms with Gasteiger partial charge in [0.25, 0.3) is 0 Å². The van der Waals surface area contributed by atoms with E-state index in [9.17, 15) is 9.59 Å². The predicted molar refractivity (Wildman–Crippen MR) is 66.4 cm³/mol. The van der Waals surface area contributed by atoms with Gasteiger partial charge in [-0.25, -0.2) is 4.79 Å². The summed E-state index contributed by atoms with van der Waals surface area (Å²) in [6, 6.07) is 9.78. The maximum absolute atomic E-state index is 11.7. The molecular weight excluding hydrogens is 232 g/mol. The van der Waals surface area contributed by atoms with E-state index in [4.69, 9.17) is 5.11 Å². The van der Waals surface area contributed by atoms with Crippen LogP contribution in [0.3, 0.4) is 0 Å². The molecular formula is C13H16N2O3. The highest BCUT2D eigenvalue weighted by molar-refractivity contribution is 5.80. The zero-order valence-corrected chi connectivity index (χ0v) is 10.2. The van der Waals surface area contributed by atoms with Crippen LogP contribution in [0.25, 0.3) is 0 Å². The van der Waals surface area contributed by atoms with Crippen molar-refractivity contribution < 1.29 is 14.7 Å². The number of benzene rings is 1. The fourth-order valence-electron chi connectivity index (χ4n) is 1.97. The molecule has 0 aliphatic heterocycles. The second-order valence-electron chi connectivity index (χ2n) is 4.56. The van der Waals surface area contributed by atoms with Crippen LogP contribution < -0.4 is 5.32 Å². The minimum Gasteiger partial charge on any atom is -0.480 e. The van der Waals surface area contributed by atoms with E-state index in [0.717, 1.165) is 6.42 Å². The average molecular weight is 248 g/mol. The molecule has 96 valence electrons. The van der Waals surface area contributed by atoms with Crippen LogP contribution in [-0.4, -0.2) is 41.6 Å². The van der Waals surface area contributed by atoms with Crippen molar-refractivity contribution in [1.82, 2.24) is 10.2 Å². The van der Waals surface area contributed by atoms with Gasteiger partial charge in [-0.05, 0) is 12.0 Å². The molecule has 1 aromatic rings. The van der Waals surface area contributed by atoms with E-state index < -0.39 is 5.97 Å². The Bertz CT molecular complexity index is 447. The van der Waals surface area contributed by atoms with Gasteiger partial charge < -0.3 is 15.3 Å². The number of carbonyl (C=O) groups is 2. The summed E-state index contributed by atoms with van der Waals surface area (Å²) in [5.41, 5.74) is 1.21. The quantitative estimate of drug-likeness (QED) is 0.843. The van der Waals surface area contributed by atoms with E-state index >= 15 is 0 Å². The van der Waals surface area contributed by atoms with E-state index in [-0.39, 0.29) is 18.6 Å². The predicted octanol–water partition coefficient (Wildman–Crippen LogP) is 1.27. The maximum Gasteiger partial charge on any atom is 0.323 e. The SMILES string of the molecule is CN(CC(=O)O)C(=O)N[C@@H]1C[C@H]1c1ccccc1. The molecule has 0 heterocycles. The average Bonchev–Trinajstić information content (AvgIpc) is 3.08. The molecule has 1 saturated carbocycles. The molecule has 2 amide bonds. The highest BCUT2D eigenvalue weighted by atomic mass is 16.4. The number of aliphatic carboxylic acids is 1. The summed E-state index contributed by atoms with van der Waals surface area (Å²) >= 11 is 0. The largest absolute Gasteiger partial charge is 0.480 e. The van der Waals surface area contributed by atoms with Crippen molar-refractivity contribution in [3.8, 4) is 0 Å². The Hall–Kier alpha value is -2.04. The summed E-state index contributed by atoms with van der Waals surface area (Å²) in [6.07, 6.45) is 0.913. The minimum absolute atomic E-state index is 0.121. The normalized spacial score (nSPS) is 21.2. The topological polar surface area (TPSA) is 69.6 Å². The molecule has 0 spiro atoms. The van der Waals surface area contributed by atoms with E-state index in [1.807, 2.05) is 30.3 Å². The Morgan fingerprint density at radius 1 is 1.39 bits per heavy atom. The highest BCUT2D eigenvalue weighted by Crippen LogP contribution is 2.40. The number of carbonyl (C=O) groups excluding carboxylic acids is 1. The molecule has 0 saturated heterocycles. The lowest BCUT2D eigenvalue weighted by Crippen LogP contribution is -2.41. The van der Waals surface area contributed by atoms with Gasteiger partial charge in [0.05, 0.1) is 0 Å². The summed E-state index contributed by atoms with van der Waals surface area (Å²) in [4.78, 5) is 23.3. The lowest BCUT2D eigenvalue weighted by Gasteiger charge is -2.15. The third-order valence-corrected chi connectivity index (χ3v) is 3.05. The molecule has 5 heteroatoms. The first-order valence-electron chi connectivity index (χ1n) is 5.86. The third-order valence-electron chi connectivity index (χ3n) is 3.05. The van der Waals surface area contributed by atoms with Gasteiger partial charge in [-0.2, -0.15) is 0 Å². The van der Waals surface area contributed by atoms with Gasteiger partial charge in [0.1, 0.15) is 6.54 Å². The van der Waals surface area contributed by atoms with Crippen molar-refractivity contribution in [1.29, 1.82) is 0 Å². The zero-order valence-electron chi connectivity index (χ0n) is 10.2. The van der Waals surface area contributed by atoms with Gasteiger partial charge in [-0.15, -0.1) is 0 Å². The second-order valence-corrected chi connectivity index (χ2v) is 4.56. The first kappa shape index (κ1) is 12.4. The van der Waals surface area contributed by atoms with Gasteiger partial charge in [0.15, 0.2) is 0 Å². The van der Waals surface area contributed by atoms with Crippen LogP contribution in [0.4, 0.5) is 4.79 Å². The number of rotatable bonds is 4. The number of carboxylic acid groups (broad SMARTS) is 1. The molecule has 0 unspecified atom stereocenters. The zero-order chi connectivity index (χ0) is 13.1.